The molecule has 1 aliphatic heterocycles. The quantitative estimate of drug-likeness (QED) is 0.737. The summed E-state index contributed by atoms with van der Waals surface area (Å²) in [6.07, 6.45) is 2.65. The Kier molecular flexibility index (Phi) is 2.78. The molecule has 1 aliphatic rings. The highest BCUT2D eigenvalue weighted by molar-refractivity contribution is 5.84. The van der Waals surface area contributed by atoms with Crippen LogP contribution in [0, 0.1) is 13.8 Å². The highest BCUT2D eigenvalue weighted by atomic mass is 15.4. The van der Waals surface area contributed by atoms with Crippen molar-refractivity contribution in [3.05, 3.63) is 23.8 Å². The minimum atomic E-state index is 0.254. The zero-order chi connectivity index (χ0) is 15.3. The topological polar surface area (TPSA) is 102 Å². The molecule has 3 aromatic heterocycles. The van der Waals surface area contributed by atoms with Crippen molar-refractivity contribution in [1.82, 2.24) is 29.7 Å². The third-order valence-electron chi connectivity index (χ3n) is 4.14. The van der Waals surface area contributed by atoms with Gasteiger partial charge in [-0.05, 0) is 26.3 Å². The molecule has 8 nitrogen and oxygen atoms in total. The van der Waals surface area contributed by atoms with E-state index in [1.54, 1.807) is 6.33 Å². The molecule has 0 radical (unpaired) electrons. The first-order valence-electron chi connectivity index (χ1n) is 7.36. The Hall–Kier alpha value is -2.64. The van der Waals surface area contributed by atoms with Crippen molar-refractivity contribution in [3.8, 4) is 0 Å². The summed E-state index contributed by atoms with van der Waals surface area (Å²) in [6, 6.07) is 2.46. The summed E-state index contributed by atoms with van der Waals surface area (Å²) in [5.74, 6) is 1.08. The molecule has 3 aromatic rings. The fourth-order valence-corrected chi connectivity index (χ4v) is 3.21. The smallest absolute Gasteiger partial charge is 0.224 e. The molecule has 4 heterocycles. The number of fused-ring (bicyclic) bond motifs is 1. The average Bonchev–Trinajstić information content (AvgIpc) is 3.17. The maximum atomic E-state index is 5.80. The molecule has 114 valence electrons. The van der Waals surface area contributed by atoms with E-state index in [-0.39, 0.29) is 5.95 Å². The number of nitrogens with zero attached hydrogens (tertiary/aromatic N) is 6. The van der Waals surface area contributed by atoms with Crippen molar-refractivity contribution >= 4 is 22.9 Å². The van der Waals surface area contributed by atoms with Crippen LogP contribution in [0.15, 0.2) is 12.4 Å². The molecular formula is C14H18N8. The number of aromatic amines is 1. The summed E-state index contributed by atoms with van der Waals surface area (Å²) < 4.78 is 2.12. The maximum Gasteiger partial charge on any atom is 0.224 e. The number of anilines is 2. The summed E-state index contributed by atoms with van der Waals surface area (Å²) in [6.45, 7) is 5.88. The van der Waals surface area contributed by atoms with Crippen LogP contribution in [0.2, 0.25) is 0 Å². The number of aromatic nitrogens is 6. The van der Waals surface area contributed by atoms with Gasteiger partial charge in [0, 0.05) is 18.8 Å². The van der Waals surface area contributed by atoms with E-state index in [0.29, 0.717) is 11.7 Å². The zero-order valence-corrected chi connectivity index (χ0v) is 12.6. The van der Waals surface area contributed by atoms with Gasteiger partial charge in [0.2, 0.25) is 5.95 Å². The van der Waals surface area contributed by atoms with Gasteiger partial charge in [-0.25, -0.2) is 4.98 Å². The van der Waals surface area contributed by atoms with E-state index < -0.39 is 0 Å². The molecule has 4 rings (SSSR count). The van der Waals surface area contributed by atoms with Crippen LogP contribution >= 0.6 is 0 Å². The fourth-order valence-electron chi connectivity index (χ4n) is 3.21. The molecule has 0 amide bonds. The minimum Gasteiger partial charge on any atom is -0.368 e. The van der Waals surface area contributed by atoms with Gasteiger partial charge in [-0.2, -0.15) is 15.1 Å². The molecule has 0 bridgehead atoms. The second-order valence-corrected chi connectivity index (χ2v) is 5.77. The molecule has 1 atom stereocenters. The lowest BCUT2D eigenvalue weighted by Gasteiger charge is -2.18. The average molecular weight is 298 g/mol. The van der Waals surface area contributed by atoms with E-state index in [0.717, 1.165) is 36.5 Å². The van der Waals surface area contributed by atoms with Gasteiger partial charge in [-0.3, -0.25) is 4.68 Å². The molecule has 22 heavy (non-hydrogen) atoms. The molecule has 0 aromatic carbocycles. The van der Waals surface area contributed by atoms with Gasteiger partial charge in [0.05, 0.1) is 18.1 Å². The van der Waals surface area contributed by atoms with E-state index in [1.807, 2.05) is 6.92 Å². The third-order valence-corrected chi connectivity index (χ3v) is 4.14. The Morgan fingerprint density at radius 2 is 2.18 bits per heavy atom. The normalized spacial score (nSPS) is 18.5. The predicted octanol–water partition coefficient (Wildman–Crippen LogP) is 1.20. The van der Waals surface area contributed by atoms with Gasteiger partial charge >= 0.3 is 0 Å². The summed E-state index contributed by atoms with van der Waals surface area (Å²) >= 11 is 0. The van der Waals surface area contributed by atoms with Gasteiger partial charge in [0.15, 0.2) is 11.5 Å². The molecule has 0 aliphatic carbocycles. The van der Waals surface area contributed by atoms with E-state index in [4.69, 9.17) is 5.73 Å². The second-order valence-electron chi connectivity index (χ2n) is 5.77. The van der Waals surface area contributed by atoms with Gasteiger partial charge < -0.3 is 15.6 Å². The highest BCUT2D eigenvalue weighted by Crippen LogP contribution is 2.30. The number of imidazole rings is 1. The fraction of sp³-hybridized carbons (Fsp3) is 0.429. The van der Waals surface area contributed by atoms with Crippen LogP contribution in [-0.4, -0.2) is 42.8 Å². The van der Waals surface area contributed by atoms with Crippen molar-refractivity contribution in [3.63, 3.8) is 0 Å². The highest BCUT2D eigenvalue weighted by Gasteiger charge is 2.28. The van der Waals surface area contributed by atoms with Crippen molar-refractivity contribution in [1.29, 1.82) is 0 Å². The first-order valence-corrected chi connectivity index (χ1v) is 7.36. The number of hydrogen-bond donors (Lipinski definition) is 2. The van der Waals surface area contributed by atoms with Gasteiger partial charge in [-0.15, -0.1) is 0 Å². The molecule has 3 N–H and O–H groups in total. The largest absolute Gasteiger partial charge is 0.368 e. The lowest BCUT2D eigenvalue weighted by Crippen LogP contribution is -2.23. The number of aryl methyl sites for hydroxylation is 2. The standard InChI is InChI=1S/C14H18N8/c1-8-5-9(2)22(20-8)10-3-4-21(6-10)13-11-12(17-7-16-11)18-14(15)19-13/h5,7,10H,3-4,6H2,1-2H3,(H3,15,16,17,18,19). The predicted molar refractivity (Wildman–Crippen MR) is 83.7 cm³/mol. The van der Waals surface area contributed by atoms with Crippen molar-refractivity contribution in [2.45, 2.75) is 26.3 Å². The Balaban J connectivity index is 1.67. The van der Waals surface area contributed by atoms with Crippen LogP contribution in [0.5, 0.6) is 0 Å². The monoisotopic (exact) mass is 298 g/mol. The summed E-state index contributed by atoms with van der Waals surface area (Å²) in [5, 5.41) is 4.60. The molecule has 1 saturated heterocycles. The van der Waals surface area contributed by atoms with Gasteiger partial charge in [0.25, 0.3) is 0 Å². The Bertz CT molecular complexity index is 833. The Morgan fingerprint density at radius 3 is 2.95 bits per heavy atom. The molecule has 1 fully saturated rings. The van der Waals surface area contributed by atoms with Gasteiger partial charge in [0.1, 0.15) is 5.52 Å². The SMILES string of the molecule is Cc1cc(C)n(C2CCN(c3nc(N)nc4nc[nH]c34)C2)n1. The summed E-state index contributed by atoms with van der Waals surface area (Å²) in [5.41, 5.74) is 9.50. The lowest BCUT2D eigenvalue weighted by molar-refractivity contribution is 0.481. The number of nitrogens with two attached hydrogens (primary N) is 1. The molecule has 0 spiro atoms. The first-order chi connectivity index (χ1) is 10.6. The van der Waals surface area contributed by atoms with Crippen LogP contribution < -0.4 is 10.6 Å². The van der Waals surface area contributed by atoms with Crippen molar-refractivity contribution < 1.29 is 0 Å². The van der Waals surface area contributed by atoms with Crippen LogP contribution in [-0.2, 0) is 0 Å². The number of rotatable bonds is 2. The number of nitrogens with one attached hydrogen (secondary N) is 1. The molecule has 8 heteroatoms. The number of hydrogen-bond acceptors (Lipinski definition) is 6. The van der Waals surface area contributed by atoms with Crippen LogP contribution in [0.4, 0.5) is 11.8 Å². The van der Waals surface area contributed by atoms with Crippen LogP contribution in [0.1, 0.15) is 23.9 Å². The van der Waals surface area contributed by atoms with Crippen molar-refractivity contribution in [2.24, 2.45) is 0 Å². The van der Waals surface area contributed by atoms with E-state index in [9.17, 15) is 0 Å². The molecular weight excluding hydrogens is 280 g/mol. The Morgan fingerprint density at radius 1 is 1.32 bits per heavy atom. The van der Waals surface area contributed by atoms with Gasteiger partial charge in [-0.1, -0.05) is 0 Å². The number of nitrogen functional groups attached to an aromatic ring is 1. The molecule has 1 unspecified atom stereocenters. The first kappa shape index (κ1) is 13.1. The van der Waals surface area contributed by atoms with Crippen molar-refractivity contribution in [2.75, 3.05) is 23.7 Å². The summed E-state index contributed by atoms with van der Waals surface area (Å²) in [7, 11) is 0. The van der Waals surface area contributed by atoms with E-state index >= 15 is 0 Å². The van der Waals surface area contributed by atoms with E-state index in [1.165, 1.54) is 5.69 Å². The lowest BCUT2D eigenvalue weighted by atomic mass is 10.2. The zero-order valence-electron chi connectivity index (χ0n) is 12.6. The van der Waals surface area contributed by atoms with E-state index in [2.05, 4.69) is 47.6 Å². The van der Waals surface area contributed by atoms with Crippen LogP contribution in [0.25, 0.3) is 11.2 Å². The minimum absolute atomic E-state index is 0.254. The second kappa shape index (κ2) is 4.69. The summed E-state index contributed by atoms with van der Waals surface area (Å²) in [4.78, 5) is 18.0. The molecule has 0 saturated carbocycles. The van der Waals surface area contributed by atoms with Crippen LogP contribution in [0.3, 0.4) is 0 Å². The number of H-pyrrole nitrogens is 1. The third kappa shape index (κ3) is 1.99. The Labute approximate surface area is 127 Å². The maximum absolute atomic E-state index is 5.80.